The van der Waals surface area contributed by atoms with Gasteiger partial charge >= 0.3 is 6.03 Å². The molecule has 6 nitrogen and oxygen atoms in total. The summed E-state index contributed by atoms with van der Waals surface area (Å²) in [5, 5.41) is 5.90. The maximum absolute atomic E-state index is 13.0. The van der Waals surface area contributed by atoms with Gasteiger partial charge in [0.25, 0.3) is 0 Å². The van der Waals surface area contributed by atoms with Gasteiger partial charge in [0.1, 0.15) is 0 Å². The van der Waals surface area contributed by atoms with E-state index in [0.29, 0.717) is 31.9 Å². The van der Waals surface area contributed by atoms with E-state index in [-0.39, 0.29) is 11.9 Å². The van der Waals surface area contributed by atoms with E-state index in [0.717, 1.165) is 16.7 Å². The molecule has 3 amide bonds. The Hall–Kier alpha value is -3.64. The molecule has 3 aromatic rings. The summed E-state index contributed by atoms with van der Waals surface area (Å²) < 4.78 is 0. The van der Waals surface area contributed by atoms with E-state index in [4.69, 9.17) is 0 Å². The minimum Gasteiger partial charge on any atom is -0.334 e. The number of urea groups is 1. The molecule has 3 rings (SSSR count). The molecule has 0 bridgehead atoms. The van der Waals surface area contributed by atoms with Gasteiger partial charge in [-0.25, -0.2) is 4.79 Å². The van der Waals surface area contributed by atoms with Crippen LogP contribution in [0.2, 0.25) is 0 Å². The van der Waals surface area contributed by atoms with Gasteiger partial charge in [0.2, 0.25) is 5.91 Å². The number of carbonyl (C=O) groups excluding carboxylic acids is 2. The Kier molecular flexibility index (Phi) is 8.40. The van der Waals surface area contributed by atoms with Crippen molar-refractivity contribution in [1.82, 2.24) is 15.1 Å². The molecule has 0 aliphatic rings. The number of anilines is 1. The molecule has 0 saturated carbocycles. The lowest BCUT2D eigenvalue weighted by Gasteiger charge is -2.23. The minimum atomic E-state index is -0.139. The summed E-state index contributed by atoms with van der Waals surface area (Å²) in [5.74, 6) is -0.0758. The molecule has 0 radical (unpaired) electrons. The predicted octanol–water partition coefficient (Wildman–Crippen LogP) is 4.10. The second-order valence-corrected chi connectivity index (χ2v) is 7.97. The van der Waals surface area contributed by atoms with Crippen LogP contribution in [-0.4, -0.2) is 42.4 Å². The first-order valence-corrected chi connectivity index (χ1v) is 10.6. The summed E-state index contributed by atoms with van der Waals surface area (Å²) >= 11 is 0. The first-order chi connectivity index (χ1) is 15.5. The number of hydrogen-bond donors (Lipinski definition) is 2. The van der Waals surface area contributed by atoms with Gasteiger partial charge in [0.05, 0.1) is 6.54 Å². The lowest BCUT2D eigenvalue weighted by molar-refractivity contribution is -0.116. The molecular formula is C26H30N4O2. The summed E-state index contributed by atoms with van der Waals surface area (Å²) in [6, 6.07) is 27.3. The summed E-state index contributed by atoms with van der Waals surface area (Å²) in [6.07, 6.45) is 0. The van der Waals surface area contributed by atoms with Gasteiger partial charge in [0, 0.05) is 25.3 Å². The van der Waals surface area contributed by atoms with Crippen LogP contribution in [0.15, 0.2) is 84.9 Å². The van der Waals surface area contributed by atoms with Crippen molar-refractivity contribution in [3.63, 3.8) is 0 Å². The molecular weight excluding hydrogens is 400 g/mol. The number of benzene rings is 3. The third-order valence-corrected chi connectivity index (χ3v) is 4.83. The molecule has 0 fully saturated rings. The van der Waals surface area contributed by atoms with Crippen LogP contribution in [0.1, 0.15) is 16.7 Å². The van der Waals surface area contributed by atoms with E-state index in [1.807, 2.05) is 104 Å². The number of likely N-dealkylation sites (N-methyl/N-ethyl adjacent to an activating group) is 1. The van der Waals surface area contributed by atoms with Crippen LogP contribution < -0.4 is 10.6 Å². The molecule has 3 aromatic carbocycles. The lowest BCUT2D eigenvalue weighted by Crippen LogP contribution is -2.38. The Morgan fingerprint density at radius 2 is 1.31 bits per heavy atom. The number of carbonyl (C=O) groups is 2. The summed E-state index contributed by atoms with van der Waals surface area (Å²) in [4.78, 5) is 28.7. The molecule has 0 spiro atoms. The molecule has 0 aromatic heterocycles. The zero-order valence-corrected chi connectivity index (χ0v) is 18.6. The van der Waals surface area contributed by atoms with Gasteiger partial charge in [0.15, 0.2) is 0 Å². The van der Waals surface area contributed by atoms with Crippen molar-refractivity contribution in [2.45, 2.75) is 19.6 Å². The molecule has 32 heavy (non-hydrogen) atoms. The van der Waals surface area contributed by atoms with Gasteiger partial charge in [-0.3, -0.25) is 4.79 Å². The highest BCUT2D eigenvalue weighted by Crippen LogP contribution is 2.13. The van der Waals surface area contributed by atoms with Crippen molar-refractivity contribution in [3.8, 4) is 0 Å². The minimum absolute atomic E-state index is 0.0758. The topological polar surface area (TPSA) is 64.7 Å². The van der Waals surface area contributed by atoms with Crippen molar-refractivity contribution in [2.24, 2.45) is 0 Å². The fourth-order valence-corrected chi connectivity index (χ4v) is 3.34. The van der Waals surface area contributed by atoms with Gasteiger partial charge < -0.3 is 20.4 Å². The van der Waals surface area contributed by atoms with Gasteiger partial charge in [-0.05, 0) is 42.9 Å². The van der Waals surface area contributed by atoms with Crippen LogP contribution >= 0.6 is 0 Å². The van der Waals surface area contributed by atoms with E-state index in [1.54, 1.807) is 4.90 Å². The maximum atomic E-state index is 13.0. The monoisotopic (exact) mass is 430 g/mol. The van der Waals surface area contributed by atoms with E-state index >= 15 is 0 Å². The maximum Gasteiger partial charge on any atom is 0.318 e. The van der Waals surface area contributed by atoms with Crippen LogP contribution in [0.25, 0.3) is 0 Å². The normalized spacial score (nSPS) is 10.6. The molecule has 0 unspecified atom stereocenters. The standard InChI is InChI=1S/C26H30N4O2/c1-29(2)20-25(31)28-24-15-9-14-23(16-24)17-27-26(32)30(18-21-10-5-3-6-11-21)19-22-12-7-4-8-13-22/h3-16H,17-20H2,1-2H3,(H,27,32)(H,28,31). The van der Waals surface area contributed by atoms with Gasteiger partial charge in [-0.1, -0.05) is 72.8 Å². The average molecular weight is 431 g/mol. The summed E-state index contributed by atoms with van der Waals surface area (Å²) in [7, 11) is 3.70. The largest absolute Gasteiger partial charge is 0.334 e. The van der Waals surface area contributed by atoms with E-state index < -0.39 is 0 Å². The highest BCUT2D eigenvalue weighted by molar-refractivity contribution is 5.92. The van der Waals surface area contributed by atoms with Crippen molar-refractivity contribution in [3.05, 3.63) is 102 Å². The zero-order valence-electron chi connectivity index (χ0n) is 18.6. The number of nitrogens with one attached hydrogen (secondary N) is 2. The highest BCUT2D eigenvalue weighted by Gasteiger charge is 2.14. The fraction of sp³-hybridized carbons (Fsp3) is 0.231. The molecule has 166 valence electrons. The molecule has 0 saturated heterocycles. The van der Waals surface area contributed by atoms with Crippen molar-refractivity contribution < 1.29 is 9.59 Å². The van der Waals surface area contributed by atoms with Gasteiger partial charge in [-0.15, -0.1) is 0 Å². The van der Waals surface area contributed by atoms with Crippen LogP contribution in [-0.2, 0) is 24.4 Å². The number of hydrogen-bond acceptors (Lipinski definition) is 3. The number of rotatable bonds is 9. The van der Waals surface area contributed by atoms with Crippen LogP contribution in [0, 0.1) is 0 Å². The lowest BCUT2D eigenvalue weighted by atomic mass is 10.1. The van der Waals surface area contributed by atoms with Crippen molar-refractivity contribution in [2.75, 3.05) is 26.0 Å². The first-order valence-electron chi connectivity index (χ1n) is 10.6. The molecule has 6 heteroatoms. The molecule has 0 atom stereocenters. The van der Waals surface area contributed by atoms with Crippen molar-refractivity contribution >= 4 is 17.6 Å². The Morgan fingerprint density at radius 1 is 0.750 bits per heavy atom. The third-order valence-electron chi connectivity index (χ3n) is 4.83. The van der Waals surface area contributed by atoms with Crippen LogP contribution in [0.5, 0.6) is 0 Å². The predicted molar refractivity (Wildman–Crippen MR) is 128 cm³/mol. The summed E-state index contributed by atoms with van der Waals surface area (Å²) in [6.45, 7) is 1.72. The Morgan fingerprint density at radius 3 is 1.88 bits per heavy atom. The molecule has 0 aliphatic heterocycles. The second kappa shape index (κ2) is 11.7. The van der Waals surface area contributed by atoms with Gasteiger partial charge in [-0.2, -0.15) is 0 Å². The Balaban J connectivity index is 1.64. The van der Waals surface area contributed by atoms with E-state index in [1.165, 1.54) is 0 Å². The summed E-state index contributed by atoms with van der Waals surface area (Å²) in [5.41, 5.74) is 3.78. The Bertz CT molecular complexity index is 965. The fourth-order valence-electron chi connectivity index (χ4n) is 3.34. The average Bonchev–Trinajstić information content (AvgIpc) is 2.78. The first kappa shape index (κ1) is 23.0. The third kappa shape index (κ3) is 7.56. The molecule has 0 heterocycles. The number of amides is 3. The number of nitrogens with zero attached hydrogens (tertiary/aromatic N) is 2. The molecule has 2 N–H and O–H groups in total. The van der Waals surface area contributed by atoms with Crippen LogP contribution in [0.3, 0.4) is 0 Å². The smallest absolute Gasteiger partial charge is 0.318 e. The highest BCUT2D eigenvalue weighted by atomic mass is 16.2. The second-order valence-electron chi connectivity index (χ2n) is 7.97. The Labute approximate surface area is 189 Å². The molecule has 0 aliphatic carbocycles. The van der Waals surface area contributed by atoms with E-state index in [2.05, 4.69) is 10.6 Å². The SMILES string of the molecule is CN(C)CC(=O)Nc1cccc(CNC(=O)N(Cc2ccccc2)Cc2ccccc2)c1. The van der Waals surface area contributed by atoms with Crippen LogP contribution in [0.4, 0.5) is 10.5 Å². The zero-order chi connectivity index (χ0) is 22.8. The quantitative estimate of drug-likeness (QED) is 0.537. The van der Waals surface area contributed by atoms with E-state index in [9.17, 15) is 9.59 Å². The van der Waals surface area contributed by atoms with Crippen molar-refractivity contribution in [1.29, 1.82) is 0 Å².